The van der Waals surface area contributed by atoms with E-state index in [2.05, 4.69) is 5.32 Å². The average Bonchev–Trinajstić information content (AvgIpc) is 2.65. The van der Waals surface area contributed by atoms with Crippen LogP contribution in [0.4, 0.5) is 18.0 Å². The third kappa shape index (κ3) is 3.86. The van der Waals surface area contributed by atoms with Crippen molar-refractivity contribution >= 4 is 21.8 Å². The highest BCUT2D eigenvalue weighted by Crippen LogP contribution is 2.53. The van der Waals surface area contributed by atoms with E-state index in [9.17, 15) is 31.2 Å². The second-order valence-corrected chi connectivity index (χ2v) is 11.8. The van der Waals surface area contributed by atoms with E-state index in [1.807, 2.05) is 0 Å². The number of sulfone groups is 1. The molecule has 0 atom stereocenters. The zero-order valence-electron chi connectivity index (χ0n) is 17.7. The zero-order valence-corrected chi connectivity index (χ0v) is 18.5. The van der Waals surface area contributed by atoms with Gasteiger partial charge in [-0.25, -0.2) is 13.2 Å². The van der Waals surface area contributed by atoms with Gasteiger partial charge in [0.2, 0.25) is 5.91 Å². The first-order valence-electron chi connectivity index (χ1n) is 10.7. The first kappa shape index (κ1) is 22.5. The van der Waals surface area contributed by atoms with Crippen molar-refractivity contribution < 1.29 is 35.9 Å². The predicted molar refractivity (Wildman–Crippen MR) is 109 cm³/mol. The van der Waals surface area contributed by atoms with E-state index in [4.69, 9.17) is 4.74 Å². The number of benzene rings is 1. The monoisotopic (exact) mass is 487 g/mol. The van der Waals surface area contributed by atoms with Crippen molar-refractivity contribution in [2.24, 2.45) is 11.3 Å². The van der Waals surface area contributed by atoms with Gasteiger partial charge in [0, 0.05) is 31.6 Å². The molecule has 0 bridgehead atoms. The maximum absolute atomic E-state index is 12.8. The number of morpholine rings is 1. The second kappa shape index (κ2) is 7.33. The summed E-state index contributed by atoms with van der Waals surface area (Å²) in [5.41, 5.74) is -5.18. The number of nitrogens with zero attached hydrogens (tertiary/aromatic N) is 2. The molecule has 33 heavy (non-hydrogen) atoms. The van der Waals surface area contributed by atoms with Crippen molar-refractivity contribution in [3.63, 3.8) is 0 Å². The fourth-order valence-corrected chi connectivity index (χ4v) is 6.50. The van der Waals surface area contributed by atoms with Crippen LogP contribution < -0.4 is 5.32 Å². The molecule has 3 saturated heterocycles. The number of hydrogen-bond donors (Lipinski definition) is 1. The largest absolute Gasteiger partial charge is 0.501 e. The van der Waals surface area contributed by atoms with Gasteiger partial charge in [-0.3, -0.25) is 4.79 Å². The summed E-state index contributed by atoms with van der Waals surface area (Å²) in [6.45, 7) is 2.59. The molecule has 1 aromatic rings. The van der Waals surface area contributed by atoms with Gasteiger partial charge in [0.25, 0.3) is 9.84 Å². The topological polar surface area (TPSA) is 96.0 Å². The molecule has 5 rings (SSSR count). The first-order chi connectivity index (χ1) is 15.4. The van der Waals surface area contributed by atoms with Crippen LogP contribution in [0.15, 0.2) is 29.2 Å². The van der Waals surface area contributed by atoms with E-state index < -0.39 is 25.8 Å². The van der Waals surface area contributed by atoms with Crippen LogP contribution in [0.1, 0.15) is 18.4 Å². The molecular weight excluding hydrogens is 463 g/mol. The number of ether oxygens (including phenoxy) is 1. The molecule has 2 spiro atoms. The molecule has 180 valence electrons. The summed E-state index contributed by atoms with van der Waals surface area (Å²) in [5, 5.41) is 2.90. The number of carbonyl (C=O) groups excluding carboxylic acids is 2. The fourth-order valence-electron chi connectivity index (χ4n) is 5.67. The quantitative estimate of drug-likeness (QED) is 0.698. The second-order valence-electron chi connectivity index (χ2n) is 9.89. The van der Waals surface area contributed by atoms with E-state index in [0.717, 1.165) is 25.0 Å². The normalized spacial score (nSPS) is 24.2. The maximum Gasteiger partial charge on any atom is 0.501 e. The average molecular weight is 488 g/mol. The van der Waals surface area contributed by atoms with Crippen molar-refractivity contribution in [1.82, 2.24) is 15.1 Å². The van der Waals surface area contributed by atoms with Crippen molar-refractivity contribution in [1.29, 1.82) is 0 Å². The number of urea groups is 1. The minimum atomic E-state index is -5.36. The Balaban J connectivity index is 1.10. The third-order valence-corrected chi connectivity index (χ3v) is 8.56. The number of alkyl halides is 3. The Morgan fingerprint density at radius 2 is 1.82 bits per heavy atom. The molecule has 3 amide bonds. The lowest BCUT2D eigenvalue weighted by atomic mass is 9.56. The van der Waals surface area contributed by atoms with Crippen molar-refractivity contribution in [3.8, 4) is 0 Å². The van der Waals surface area contributed by atoms with Crippen LogP contribution in [0.5, 0.6) is 0 Å². The number of nitrogens with one attached hydrogen (secondary N) is 1. The Morgan fingerprint density at radius 3 is 2.45 bits per heavy atom. The smallest absolute Gasteiger partial charge is 0.369 e. The summed E-state index contributed by atoms with van der Waals surface area (Å²) < 4.78 is 67.0. The molecule has 1 aromatic carbocycles. The number of carbonyl (C=O) groups is 2. The van der Waals surface area contributed by atoms with Crippen LogP contribution in [0, 0.1) is 11.3 Å². The summed E-state index contributed by atoms with van der Waals surface area (Å²) >= 11 is 0. The minimum Gasteiger partial charge on any atom is -0.369 e. The van der Waals surface area contributed by atoms with Crippen molar-refractivity contribution in [2.75, 3.05) is 39.4 Å². The predicted octanol–water partition coefficient (Wildman–Crippen LogP) is 1.56. The molecule has 3 aliphatic heterocycles. The number of amides is 3. The van der Waals surface area contributed by atoms with E-state index in [0.29, 0.717) is 44.8 Å². The molecule has 12 heteroatoms. The lowest BCUT2D eigenvalue weighted by molar-refractivity contribution is -0.142. The molecule has 0 aromatic heterocycles. The van der Waals surface area contributed by atoms with Gasteiger partial charge >= 0.3 is 11.5 Å². The van der Waals surface area contributed by atoms with Crippen molar-refractivity contribution in [2.45, 2.75) is 35.2 Å². The standard InChI is InChI=1S/C21H24F3N3O5S/c22-21(23,24)33(30,31)16-3-1-2-14(5-16)4-15-6-19(7-15)9-26(10-19)18(29)27-11-20(12-27)13-32-8-17(28)25-20/h1-3,5,15H,4,6-13H2,(H,25,28). The molecule has 0 unspecified atom stereocenters. The van der Waals surface area contributed by atoms with E-state index >= 15 is 0 Å². The molecule has 1 N–H and O–H groups in total. The van der Waals surface area contributed by atoms with Crippen LogP contribution in [0.25, 0.3) is 0 Å². The number of hydrogen-bond acceptors (Lipinski definition) is 5. The lowest BCUT2D eigenvalue weighted by Crippen LogP contribution is -2.78. The zero-order chi connectivity index (χ0) is 23.6. The fraction of sp³-hybridized carbons (Fsp3) is 0.619. The van der Waals surface area contributed by atoms with Gasteiger partial charge in [0.15, 0.2) is 0 Å². The van der Waals surface area contributed by atoms with E-state index in [-0.39, 0.29) is 29.9 Å². The third-order valence-electron chi connectivity index (χ3n) is 7.08. The molecule has 8 nitrogen and oxygen atoms in total. The SMILES string of the molecule is O=C1COCC2(CN(C(=O)N3CC4(CC(Cc5cccc(S(=O)(=O)C(F)(F)F)c5)C4)C3)C2)N1. The molecule has 3 heterocycles. The molecule has 1 saturated carbocycles. The van der Waals surface area contributed by atoms with Gasteiger partial charge < -0.3 is 19.9 Å². The van der Waals surface area contributed by atoms with Crippen LogP contribution in [-0.4, -0.2) is 80.6 Å². The van der Waals surface area contributed by atoms with E-state index in [1.54, 1.807) is 15.9 Å². The number of rotatable bonds is 3. The summed E-state index contributed by atoms with van der Waals surface area (Å²) in [7, 11) is -5.36. The summed E-state index contributed by atoms with van der Waals surface area (Å²) in [4.78, 5) is 27.0. The summed E-state index contributed by atoms with van der Waals surface area (Å²) in [5.74, 6) is 0.0753. The maximum atomic E-state index is 12.8. The van der Waals surface area contributed by atoms with Crippen LogP contribution >= 0.6 is 0 Å². The number of halogens is 3. The molecule has 0 radical (unpaired) electrons. The Bertz CT molecular complexity index is 1090. The minimum absolute atomic E-state index is 0.0424. The van der Waals surface area contributed by atoms with Gasteiger partial charge in [-0.2, -0.15) is 13.2 Å². The van der Waals surface area contributed by atoms with Gasteiger partial charge in [0.05, 0.1) is 17.0 Å². The van der Waals surface area contributed by atoms with Crippen molar-refractivity contribution in [3.05, 3.63) is 29.8 Å². The highest BCUT2D eigenvalue weighted by molar-refractivity contribution is 7.92. The highest BCUT2D eigenvalue weighted by Gasteiger charge is 2.56. The van der Waals surface area contributed by atoms with Gasteiger partial charge in [-0.15, -0.1) is 0 Å². The Hall–Kier alpha value is -2.34. The highest BCUT2D eigenvalue weighted by atomic mass is 32.2. The molecule has 4 aliphatic rings. The van der Waals surface area contributed by atoms with Crippen LogP contribution in [0.2, 0.25) is 0 Å². The van der Waals surface area contributed by atoms with Gasteiger partial charge in [-0.1, -0.05) is 12.1 Å². The summed E-state index contributed by atoms with van der Waals surface area (Å²) in [6.07, 6.45) is 2.20. The van der Waals surface area contributed by atoms with Gasteiger partial charge in [0.1, 0.15) is 6.61 Å². The first-order valence-corrected chi connectivity index (χ1v) is 12.2. The van der Waals surface area contributed by atoms with Gasteiger partial charge in [-0.05, 0) is 42.9 Å². The number of likely N-dealkylation sites (tertiary alicyclic amines) is 2. The Morgan fingerprint density at radius 1 is 1.15 bits per heavy atom. The Kier molecular flexibility index (Phi) is 4.99. The Labute approximate surface area is 189 Å². The summed E-state index contributed by atoms with van der Waals surface area (Å²) in [6, 6.07) is 5.00. The molecular formula is C21H24F3N3O5S. The van der Waals surface area contributed by atoms with E-state index in [1.165, 1.54) is 6.07 Å². The van der Waals surface area contributed by atoms with Crippen LogP contribution in [0.3, 0.4) is 0 Å². The molecule has 4 fully saturated rings. The lowest BCUT2D eigenvalue weighted by Gasteiger charge is -2.61. The van der Waals surface area contributed by atoms with Crippen LogP contribution in [-0.2, 0) is 25.8 Å². The molecule has 1 aliphatic carbocycles.